The summed E-state index contributed by atoms with van der Waals surface area (Å²) in [6.45, 7) is 9.47. The summed E-state index contributed by atoms with van der Waals surface area (Å²) in [5.41, 5.74) is 10.1. The van der Waals surface area contributed by atoms with E-state index < -0.39 is 11.9 Å². The Morgan fingerprint density at radius 3 is 2.41 bits per heavy atom. The van der Waals surface area contributed by atoms with Crippen molar-refractivity contribution in [2.45, 2.75) is 40.3 Å². The summed E-state index contributed by atoms with van der Waals surface area (Å²) >= 11 is 0. The fourth-order valence-electron chi connectivity index (χ4n) is 3.17. The number of hydrogen-bond donors (Lipinski definition) is 3. The van der Waals surface area contributed by atoms with Crippen molar-refractivity contribution >= 4 is 23.6 Å². The first-order chi connectivity index (χ1) is 12.5. The Bertz CT molecular complexity index is 959. The lowest BCUT2D eigenvalue weighted by Gasteiger charge is -2.28. The Labute approximate surface area is 157 Å². The van der Waals surface area contributed by atoms with Crippen LogP contribution < -0.4 is 16.3 Å². The molecule has 0 aliphatic heterocycles. The maximum Gasteiger partial charge on any atom is 0.328 e. The molecule has 1 atom stereocenters. The lowest BCUT2D eigenvalue weighted by Crippen LogP contribution is -2.34. The van der Waals surface area contributed by atoms with Crippen LogP contribution in [-0.2, 0) is 16.1 Å². The van der Waals surface area contributed by atoms with E-state index in [1.165, 1.54) is 27.3 Å². The highest BCUT2D eigenvalue weighted by Gasteiger charge is 2.30. The first-order valence-electron chi connectivity index (χ1n) is 8.61. The van der Waals surface area contributed by atoms with Gasteiger partial charge in [0.25, 0.3) is 0 Å². The van der Waals surface area contributed by atoms with Crippen LogP contribution in [0.3, 0.4) is 0 Å². The Morgan fingerprint density at radius 2 is 1.89 bits per heavy atom. The molecular formula is C20H25N3O4. The van der Waals surface area contributed by atoms with Crippen LogP contribution in [0.1, 0.15) is 27.7 Å². The molecule has 1 aromatic rings. The highest BCUT2D eigenvalue weighted by molar-refractivity contribution is 5.89. The maximum atomic E-state index is 9.55. The van der Waals surface area contributed by atoms with Crippen LogP contribution in [0.4, 0.5) is 0 Å². The first kappa shape index (κ1) is 20.4. The molecule has 2 aliphatic carbocycles. The van der Waals surface area contributed by atoms with Crippen molar-refractivity contribution in [1.82, 2.24) is 9.78 Å². The minimum atomic E-state index is -1.26. The third-order valence-electron chi connectivity index (χ3n) is 4.35. The van der Waals surface area contributed by atoms with Gasteiger partial charge in [-0.05, 0) is 36.6 Å². The Morgan fingerprint density at radius 1 is 1.30 bits per heavy atom. The van der Waals surface area contributed by atoms with Crippen molar-refractivity contribution in [3.63, 3.8) is 0 Å². The van der Waals surface area contributed by atoms with E-state index in [1.807, 2.05) is 17.8 Å². The molecule has 0 radical (unpaired) electrons. The molecule has 1 aromatic heterocycles. The molecule has 0 spiro atoms. The predicted molar refractivity (Wildman–Crippen MR) is 103 cm³/mol. The monoisotopic (exact) mass is 371 g/mol. The van der Waals surface area contributed by atoms with Gasteiger partial charge in [-0.15, -0.1) is 0 Å². The third-order valence-corrected chi connectivity index (χ3v) is 4.35. The van der Waals surface area contributed by atoms with Crippen molar-refractivity contribution < 1.29 is 19.8 Å². The van der Waals surface area contributed by atoms with Gasteiger partial charge in [-0.25, -0.2) is 9.59 Å². The number of fused-ring (bicyclic) bond motifs is 2. The number of aromatic nitrogens is 2. The van der Waals surface area contributed by atoms with E-state index in [9.17, 15) is 9.59 Å². The van der Waals surface area contributed by atoms with E-state index in [1.54, 1.807) is 0 Å². The number of carboxylic acid groups (broad SMARTS) is 2. The number of nitrogens with zero attached hydrogens (tertiary/aromatic N) is 2. The van der Waals surface area contributed by atoms with Crippen molar-refractivity contribution in [2.75, 3.05) is 0 Å². The van der Waals surface area contributed by atoms with Gasteiger partial charge in [-0.1, -0.05) is 26.0 Å². The molecule has 3 rings (SSSR count). The summed E-state index contributed by atoms with van der Waals surface area (Å²) in [4.78, 5) is 19.1. The van der Waals surface area contributed by atoms with Crippen LogP contribution in [0.5, 0.6) is 0 Å². The molecule has 0 amide bonds. The molecule has 0 bridgehead atoms. The number of allylic oxidation sites excluding steroid dienone is 4. The maximum absolute atomic E-state index is 9.55. The van der Waals surface area contributed by atoms with Crippen LogP contribution in [0.15, 0.2) is 41.6 Å². The second kappa shape index (κ2) is 7.75. The van der Waals surface area contributed by atoms with Crippen molar-refractivity contribution in [1.29, 1.82) is 0 Å². The highest BCUT2D eigenvalue weighted by Crippen LogP contribution is 2.40. The van der Waals surface area contributed by atoms with Crippen LogP contribution in [0, 0.1) is 5.41 Å². The summed E-state index contributed by atoms with van der Waals surface area (Å²) in [6, 6.07) is 0.117. The third kappa shape index (κ3) is 4.62. The average molecular weight is 371 g/mol. The minimum Gasteiger partial charge on any atom is -0.478 e. The van der Waals surface area contributed by atoms with Gasteiger partial charge in [0, 0.05) is 28.8 Å². The van der Waals surface area contributed by atoms with Gasteiger partial charge in [0.2, 0.25) is 0 Å². The number of rotatable bonds is 4. The van der Waals surface area contributed by atoms with Gasteiger partial charge in [0.05, 0.1) is 18.1 Å². The molecular weight excluding hydrogens is 346 g/mol. The Balaban J connectivity index is 0.000000279. The van der Waals surface area contributed by atoms with E-state index in [-0.39, 0.29) is 11.5 Å². The van der Waals surface area contributed by atoms with Crippen LogP contribution in [0.25, 0.3) is 11.6 Å². The van der Waals surface area contributed by atoms with Gasteiger partial charge in [0.1, 0.15) is 0 Å². The SMILES string of the molecule is CC1=C2C=c3c(cnn3CC(C)N)=C2C(C)(C)C=C1.O=C(O)/C=C/C(=O)O. The highest BCUT2D eigenvalue weighted by atomic mass is 16.4. The largest absolute Gasteiger partial charge is 0.478 e. The summed E-state index contributed by atoms with van der Waals surface area (Å²) in [6.07, 6.45) is 9.88. The van der Waals surface area contributed by atoms with E-state index >= 15 is 0 Å². The van der Waals surface area contributed by atoms with E-state index in [0.717, 1.165) is 6.54 Å². The van der Waals surface area contributed by atoms with Crippen molar-refractivity contribution in [3.8, 4) is 0 Å². The zero-order valence-electron chi connectivity index (χ0n) is 15.9. The normalized spacial score (nSPS) is 17.7. The van der Waals surface area contributed by atoms with Gasteiger partial charge in [0.15, 0.2) is 0 Å². The van der Waals surface area contributed by atoms with Crippen molar-refractivity contribution in [2.24, 2.45) is 11.1 Å². The summed E-state index contributed by atoms with van der Waals surface area (Å²) in [5, 5.41) is 22.6. The van der Waals surface area contributed by atoms with Gasteiger partial charge >= 0.3 is 11.9 Å². The first-order valence-corrected chi connectivity index (χ1v) is 8.61. The number of carbonyl (C=O) groups is 2. The lowest BCUT2D eigenvalue weighted by atomic mass is 9.75. The molecule has 0 saturated carbocycles. The number of aliphatic carboxylic acids is 2. The number of nitrogens with two attached hydrogens (primary N) is 1. The standard InChI is InChI=1S/C16H21N3.C4H4O4/c1-10-5-6-16(3,4)15-12(10)7-14-13(15)8-18-19(14)9-11(2)17;5-3(6)1-2-4(7)8/h5-8,11H,9,17H2,1-4H3;1-2H,(H,5,6)(H,7,8)/b;2-1+. The summed E-state index contributed by atoms with van der Waals surface area (Å²) in [7, 11) is 0. The zero-order chi connectivity index (χ0) is 20.4. The van der Waals surface area contributed by atoms with Crippen LogP contribution >= 0.6 is 0 Å². The quantitative estimate of drug-likeness (QED) is 0.674. The molecule has 1 heterocycles. The number of carboxylic acids is 2. The van der Waals surface area contributed by atoms with Gasteiger partial charge in [-0.3, -0.25) is 4.68 Å². The molecule has 144 valence electrons. The van der Waals surface area contributed by atoms with E-state index in [2.05, 4.69) is 44.1 Å². The molecule has 7 nitrogen and oxygen atoms in total. The lowest BCUT2D eigenvalue weighted by molar-refractivity contribution is -0.134. The predicted octanol–water partition coefficient (Wildman–Crippen LogP) is 0.799. The topological polar surface area (TPSA) is 118 Å². The fourth-order valence-corrected chi connectivity index (χ4v) is 3.17. The average Bonchev–Trinajstić information content (AvgIpc) is 3.10. The molecule has 1 unspecified atom stereocenters. The van der Waals surface area contributed by atoms with E-state index in [0.29, 0.717) is 12.2 Å². The van der Waals surface area contributed by atoms with Crippen LogP contribution in [0.2, 0.25) is 0 Å². The second-order valence-electron chi connectivity index (χ2n) is 7.28. The zero-order valence-corrected chi connectivity index (χ0v) is 15.9. The minimum absolute atomic E-state index is 0.0682. The molecule has 0 saturated heterocycles. The van der Waals surface area contributed by atoms with Gasteiger partial charge < -0.3 is 15.9 Å². The summed E-state index contributed by atoms with van der Waals surface area (Å²) in [5.74, 6) is -2.51. The summed E-state index contributed by atoms with van der Waals surface area (Å²) < 4.78 is 2.03. The molecule has 2 aliphatic rings. The van der Waals surface area contributed by atoms with Crippen LogP contribution in [-0.4, -0.2) is 38.0 Å². The Hall–Kier alpha value is -2.93. The Kier molecular flexibility index (Phi) is 5.85. The fraction of sp³-hybridized carbons (Fsp3) is 0.350. The second-order valence-corrected chi connectivity index (χ2v) is 7.28. The smallest absolute Gasteiger partial charge is 0.328 e. The molecule has 7 heteroatoms. The molecule has 4 N–H and O–H groups in total. The van der Waals surface area contributed by atoms with Gasteiger partial charge in [-0.2, -0.15) is 5.10 Å². The number of hydrogen-bond acceptors (Lipinski definition) is 4. The molecule has 0 aromatic carbocycles. The molecule has 27 heavy (non-hydrogen) atoms. The van der Waals surface area contributed by atoms with Crippen molar-refractivity contribution in [3.05, 3.63) is 52.2 Å². The molecule has 0 fully saturated rings. The van der Waals surface area contributed by atoms with E-state index in [4.69, 9.17) is 15.9 Å².